The Hall–Kier alpha value is -0.550. The Morgan fingerprint density at radius 2 is 2.21 bits per heavy atom. The van der Waals surface area contributed by atoms with Crippen molar-refractivity contribution in [2.75, 3.05) is 32.7 Å². The molecule has 0 amide bonds. The van der Waals surface area contributed by atoms with Crippen molar-refractivity contribution in [2.45, 2.75) is 38.3 Å². The second-order valence-electron chi connectivity index (χ2n) is 5.63. The van der Waals surface area contributed by atoms with Gasteiger partial charge >= 0.3 is 6.18 Å². The summed E-state index contributed by atoms with van der Waals surface area (Å²) >= 11 is 0. The van der Waals surface area contributed by atoms with Crippen molar-refractivity contribution >= 4 is 0 Å². The van der Waals surface area contributed by atoms with E-state index in [1.807, 2.05) is 0 Å². The lowest BCUT2D eigenvalue weighted by Gasteiger charge is -2.28. The van der Waals surface area contributed by atoms with Gasteiger partial charge in [0, 0.05) is 18.7 Å². The van der Waals surface area contributed by atoms with Gasteiger partial charge in [-0.05, 0) is 57.7 Å². The molecule has 0 aliphatic carbocycles. The molecule has 1 saturated heterocycles. The highest BCUT2D eigenvalue weighted by atomic mass is 19.4. The average Bonchev–Trinajstić information content (AvgIpc) is 2.39. The zero-order valence-electron chi connectivity index (χ0n) is 11.3. The second kappa shape index (κ2) is 6.75. The summed E-state index contributed by atoms with van der Waals surface area (Å²) in [4.78, 5) is 2.13. The van der Waals surface area contributed by atoms with E-state index < -0.39 is 6.18 Å². The van der Waals surface area contributed by atoms with Gasteiger partial charge in [-0.1, -0.05) is 6.08 Å². The first kappa shape index (κ1) is 14.9. The smallest absolute Gasteiger partial charge is 0.316 e. The van der Waals surface area contributed by atoms with Crippen LogP contribution in [0.3, 0.4) is 0 Å². The van der Waals surface area contributed by atoms with Gasteiger partial charge in [-0.25, -0.2) is 0 Å². The number of rotatable bonds is 4. The fraction of sp³-hybridized carbons (Fsp3) is 0.857. The van der Waals surface area contributed by atoms with Crippen molar-refractivity contribution in [3.8, 4) is 0 Å². The molecule has 0 aromatic rings. The van der Waals surface area contributed by atoms with E-state index >= 15 is 0 Å². The lowest BCUT2D eigenvalue weighted by atomic mass is 9.94. The maximum atomic E-state index is 12.5. The van der Waals surface area contributed by atoms with Crippen molar-refractivity contribution in [3.05, 3.63) is 11.6 Å². The maximum absolute atomic E-state index is 12.5. The lowest BCUT2D eigenvalue weighted by Crippen LogP contribution is -2.34. The van der Waals surface area contributed by atoms with Crippen LogP contribution in [-0.2, 0) is 0 Å². The number of nitrogens with one attached hydrogen (secondary N) is 1. The third kappa shape index (κ3) is 4.80. The predicted molar refractivity (Wildman–Crippen MR) is 70.0 cm³/mol. The number of alkyl halides is 3. The van der Waals surface area contributed by atoms with Crippen LogP contribution in [0.4, 0.5) is 13.2 Å². The minimum Gasteiger partial charge on any atom is -0.316 e. The molecule has 0 aromatic heterocycles. The zero-order valence-corrected chi connectivity index (χ0v) is 11.3. The van der Waals surface area contributed by atoms with Crippen molar-refractivity contribution < 1.29 is 13.2 Å². The number of nitrogens with zero attached hydrogens (tertiary/aromatic N) is 1. The van der Waals surface area contributed by atoms with E-state index in [1.165, 1.54) is 25.3 Å². The molecule has 110 valence electrons. The largest absolute Gasteiger partial charge is 0.412 e. The monoisotopic (exact) mass is 276 g/mol. The molecule has 2 rings (SSSR count). The van der Waals surface area contributed by atoms with E-state index in [0.29, 0.717) is 13.1 Å². The SMILES string of the molecule is FC(F)(F)C1=CCN(CCCC2CCCNC2)CC1. The molecule has 1 atom stereocenters. The van der Waals surface area contributed by atoms with Gasteiger partial charge in [-0.15, -0.1) is 0 Å². The van der Waals surface area contributed by atoms with E-state index in [9.17, 15) is 13.2 Å². The molecule has 0 aromatic carbocycles. The number of halogens is 3. The highest BCUT2D eigenvalue weighted by Gasteiger charge is 2.34. The molecule has 2 aliphatic rings. The molecule has 1 unspecified atom stereocenters. The second-order valence-corrected chi connectivity index (χ2v) is 5.63. The number of hydrogen-bond acceptors (Lipinski definition) is 2. The summed E-state index contributed by atoms with van der Waals surface area (Å²) in [6, 6.07) is 0. The Labute approximate surface area is 113 Å². The molecule has 1 fully saturated rings. The first-order chi connectivity index (χ1) is 9.05. The van der Waals surface area contributed by atoms with E-state index in [4.69, 9.17) is 0 Å². The molecule has 0 radical (unpaired) electrons. The van der Waals surface area contributed by atoms with E-state index in [0.717, 1.165) is 32.0 Å². The summed E-state index contributed by atoms with van der Waals surface area (Å²) in [5.41, 5.74) is -0.347. The van der Waals surface area contributed by atoms with Crippen LogP contribution in [0.1, 0.15) is 32.1 Å². The molecule has 19 heavy (non-hydrogen) atoms. The van der Waals surface area contributed by atoms with Crippen molar-refractivity contribution in [3.63, 3.8) is 0 Å². The van der Waals surface area contributed by atoms with Gasteiger partial charge < -0.3 is 5.32 Å². The van der Waals surface area contributed by atoms with Gasteiger partial charge in [0.25, 0.3) is 0 Å². The molecule has 1 N–H and O–H groups in total. The van der Waals surface area contributed by atoms with Gasteiger partial charge in [-0.2, -0.15) is 13.2 Å². The highest BCUT2D eigenvalue weighted by Crippen LogP contribution is 2.30. The average molecular weight is 276 g/mol. The topological polar surface area (TPSA) is 15.3 Å². The van der Waals surface area contributed by atoms with Crippen molar-refractivity contribution in [2.24, 2.45) is 5.92 Å². The van der Waals surface area contributed by atoms with Crippen LogP contribution in [0.25, 0.3) is 0 Å². The van der Waals surface area contributed by atoms with Crippen LogP contribution in [-0.4, -0.2) is 43.8 Å². The van der Waals surface area contributed by atoms with Gasteiger partial charge in [0.05, 0.1) is 0 Å². The van der Waals surface area contributed by atoms with Crippen LogP contribution in [0.5, 0.6) is 0 Å². The zero-order chi connectivity index (χ0) is 13.7. The van der Waals surface area contributed by atoms with Gasteiger partial charge in [0.2, 0.25) is 0 Å². The number of piperidine rings is 1. The lowest BCUT2D eigenvalue weighted by molar-refractivity contribution is -0.0960. The fourth-order valence-electron chi connectivity index (χ4n) is 2.95. The Balaban J connectivity index is 1.64. The minimum absolute atomic E-state index is 0.147. The summed E-state index contributed by atoms with van der Waals surface area (Å²) in [7, 11) is 0. The Morgan fingerprint density at radius 3 is 2.79 bits per heavy atom. The van der Waals surface area contributed by atoms with Gasteiger partial charge in [-0.3, -0.25) is 4.90 Å². The Kier molecular flexibility index (Phi) is 5.28. The van der Waals surface area contributed by atoms with E-state index in [2.05, 4.69) is 10.2 Å². The Bertz CT molecular complexity index is 306. The molecular weight excluding hydrogens is 253 g/mol. The third-order valence-electron chi connectivity index (χ3n) is 4.14. The van der Waals surface area contributed by atoms with Crippen LogP contribution in [0.2, 0.25) is 0 Å². The molecule has 2 nitrogen and oxygen atoms in total. The van der Waals surface area contributed by atoms with Crippen molar-refractivity contribution in [1.29, 1.82) is 0 Å². The molecule has 2 aliphatic heterocycles. The molecule has 0 saturated carbocycles. The number of hydrogen-bond donors (Lipinski definition) is 1. The predicted octanol–water partition coefficient (Wildman–Crippen LogP) is 2.96. The first-order valence-electron chi connectivity index (χ1n) is 7.25. The van der Waals surface area contributed by atoms with Gasteiger partial charge in [0.15, 0.2) is 0 Å². The van der Waals surface area contributed by atoms with Gasteiger partial charge in [0.1, 0.15) is 0 Å². The molecular formula is C14H23F3N2. The maximum Gasteiger partial charge on any atom is 0.412 e. The highest BCUT2D eigenvalue weighted by molar-refractivity contribution is 5.12. The minimum atomic E-state index is -4.13. The quantitative estimate of drug-likeness (QED) is 0.794. The molecule has 5 heteroatoms. The normalized spacial score (nSPS) is 26.3. The van der Waals surface area contributed by atoms with Crippen LogP contribution >= 0.6 is 0 Å². The molecule has 2 heterocycles. The third-order valence-corrected chi connectivity index (χ3v) is 4.14. The summed E-state index contributed by atoms with van der Waals surface area (Å²) < 4.78 is 37.4. The Morgan fingerprint density at radius 1 is 1.37 bits per heavy atom. The first-order valence-corrected chi connectivity index (χ1v) is 7.25. The molecule has 0 bridgehead atoms. The van der Waals surface area contributed by atoms with Crippen LogP contribution in [0.15, 0.2) is 11.6 Å². The van der Waals surface area contributed by atoms with Crippen LogP contribution < -0.4 is 5.32 Å². The standard InChI is InChI=1S/C14H23F3N2/c15-14(16,17)13-5-9-19(10-6-13)8-2-4-12-3-1-7-18-11-12/h5,12,18H,1-4,6-11H2. The molecule has 0 spiro atoms. The summed E-state index contributed by atoms with van der Waals surface area (Å²) in [5.74, 6) is 0.764. The van der Waals surface area contributed by atoms with Crippen LogP contribution in [0, 0.1) is 5.92 Å². The summed E-state index contributed by atoms with van der Waals surface area (Å²) in [5, 5.41) is 3.40. The summed E-state index contributed by atoms with van der Waals surface area (Å²) in [6.45, 7) is 4.18. The fourth-order valence-corrected chi connectivity index (χ4v) is 2.95. The summed E-state index contributed by atoms with van der Waals surface area (Å²) in [6.07, 6.45) is 2.22. The van der Waals surface area contributed by atoms with E-state index in [1.54, 1.807) is 0 Å². The van der Waals surface area contributed by atoms with Crippen molar-refractivity contribution in [1.82, 2.24) is 10.2 Å². The van der Waals surface area contributed by atoms with E-state index in [-0.39, 0.29) is 12.0 Å².